The third kappa shape index (κ3) is 2.61. The molecule has 1 fully saturated rings. The number of aliphatic hydroxyl groups is 1. The summed E-state index contributed by atoms with van der Waals surface area (Å²) >= 11 is 0. The Morgan fingerprint density at radius 2 is 2.29 bits per heavy atom. The Kier molecular flexibility index (Phi) is 3.04. The summed E-state index contributed by atoms with van der Waals surface area (Å²) in [6.07, 6.45) is 3.25. The van der Waals surface area contributed by atoms with Crippen LogP contribution in [0.25, 0.3) is 0 Å². The molecule has 1 heterocycles. The molecular weight excluding hydrogens is 214 g/mol. The third-order valence-electron chi connectivity index (χ3n) is 3.60. The third-order valence-corrected chi connectivity index (χ3v) is 3.60. The molecule has 0 spiro atoms. The van der Waals surface area contributed by atoms with Crippen molar-refractivity contribution < 1.29 is 9.84 Å². The van der Waals surface area contributed by atoms with Crippen molar-refractivity contribution in [2.75, 3.05) is 13.2 Å². The summed E-state index contributed by atoms with van der Waals surface area (Å²) < 4.78 is 5.48. The first-order valence-electron chi connectivity index (χ1n) is 6.46. The Balaban J connectivity index is 1.51. The van der Waals surface area contributed by atoms with E-state index in [1.165, 1.54) is 24.0 Å². The van der Waals surface area contributed by atoms with Crippen LogP contribution < -0.4 is 10.1 Å². The van der Waals surface area contributed by atoms with Gasteiger partial charge in [-0.05, 0) is 36.0 Å². The van der Waals surface area contributed by atoms with Crippen LogP contribution in [0.2, 0.25) is 0 Å². The first-order valence-corrected chi connectivity index (χ1v) is 6.46. The van der Waals surface area contributed by atoms with Gasteiger partial charge in [0.05, 0.1) is 12.7 Å². The van der Waals surface area contributed by atoms with E-state index in [9.17, 15) is 5.11 Å². The van der Waals surface area contributed by atoms with E-state index < -0.39 is 0 Å². The second kappa shape index (κ2) is 4.67. The maximum Gasteiger partial charge on any atom is 0.122 e. The Bertz CT molecular complexity index is 401. The second-order valence-electron chi connectivity index (χ2n) is 5.08. The van der Waals surface area contributed by atoms with Gasteiger partial charge in [-0.15, -0.1) is 0 Å². The summed E-state index contributed by atoms with van der Waals surface area (Å²) in [5, 5.41) is 13.1. The normalized spacial score (nSPS) is 19.8. The lowest BCUT2D eigenvalue weighted by atomic mass is 10.1. The van der Waals surface area contributed by atoms with Crippen molar-refractivity contribution in [1.29, 1.82) is 0 Å². The molecule has 1 aromatic carbocycles. The molecule has 2 aliphatic rings. The van der Waals surface area contributed by atoms with Crippen LogP contribution in [0.3, 0.4) is 0 Å². The summed E-state index contributed by atoms with van der Waals surface area (Å²) in [5.41, 5.74) is 2.59. The van der Waals surface area contributed by atoms with Gasteiger partial charge < -0.3 is 15.2 Å². The first-order chi connectivity index (χ1) is 8.33. The van der Waals surface area contributed by atoms with Crippen LogP contribution in [0.1, 0.15) is 24.0 Å². The van der Waals surface area contributed by atoms with Crippen molar-refractivity contribution >= 4 is 0 Å². The van der Waals surface area contributed by atoms with Gasteiger partial charge in [0.1, 0.15) is 5.75 Å². The molecule has 1 aliphatic heterocycles. The molecule has 17 heavy (non-hydrogen) atoms. The summed E-state index contributed by atoms with van der Waals surface area (Å²) in [4.78, 5) is 0. The maximum absolute atomic E-state index is 9.74. The summed E-state index contributed by atoms with van der Waals surface area (Å²) in [7, 11) is 0. The fourth-order valence-corrected chi connectivity index (χ4v) is 2.36. The van der Waals surface area contributed by atoms with E-state index in [4.69, 9.17) is 4.74 Å². The highest BCUT2D eigenvalue weighted by molar-refractivity contribution is 5.39. The van der Waals surface area contributed by atoms with E-state index in [1.807, 2.05) is 0 Å². The second-order valence-corrected chi connectivity index (χ2v) is 5.08. The molecule has 0 bridgehead atoms. The molecule has 1 unspecified atom stereocenters. The maximum atomic E-state index is 9.74. The topological polar surface area (TPSA) is 41.5 Å². The molecule has 92 valence electrons. The number of hydrogen-bond donors (Lipinski definition) is 2. The van der Waals surface area contributed by atoms with E-state index in [-0.39, 0.29) is 6.10 Å². The number of nitrogens with one attached hydrogen (secondary N) is 1. The SMILES string of the molecule is OC(CNCc1ccc2c(c1)CCO2)C1CC1. The Hall–Kier alpha value is -1.06. The average molecular weight is 233 g/mol. The molecule has 0 saturated heterocycles. The van der Waals surface area contributed by atoms with E-state index in [2.05, 4.69) is 23.5 Å². The molecule has 0 radical (unpaired) electrons. The van der Waals surface area contributed by atoms with Crippen molar-refractivity contribution in [3.05, 3.63) is 29.3 Å². The van der Waals surface area contributed by atoms with Crippen LogP contribution in [0.5, 0.6) is 5.75 Å². The number of aliphatic hydroxyl groups excluding tert-OH is 1. The van der Waals surface area contributed by atoms with E-state index in [1.54, 1.807) is 0 Å². The van der Waals surface area contributed by atoms with Gasteiger partial charge in [-0.2, -0.15) is 0 Å². The van der Waals surface area contributed by atoms with Gasteiger partial charge in [-0.3, -0.25) is 0 Å². The minimum absolute atomic E-state index is 0.159. The van der Waals surface area contributed by atoms with Crippen LogP contribution in [0.4, 0.5) is 0 Å². The predicted molar refractivity (Wildman–Crippen MR) is 66.1 cm³/mol. The molecule has 3 rings (SSSR count). The van der Waals surface area contributed by atoms with Crippen molar-refractivity contribution in [3.63, 3.8) is 0 Å². The van der Waals surface area contributed by atoms with Crippen LogP contribution >= 0.6 is 0 Å². The Morgan fingerprint density at radius 3 is 3.12 bits per heavy atom. The monoisotopic (exact) mass is 233 g/mol. The molecule has 0 amide bonds. The van der Waals surface area contributed by atoms with E-state index in [0.717, 1.165) is 25.3 Å². The highest BCUT2D eigenvalue weighted by atomic mass is 16.5. The number of hydrogen-bond acceptors (Lipinski definition) is 3. The minimum Gasteiger partial charge on any atom is -0.493 e. The van der Waals surface area contributed by atoms with E-state index in [0.29, 0.717) is 12.5 Å². The Labute approximate surface area is 102 Å². The molecule has 3 nitrogen and oxygen atoms in total. The molecular formula is C14H19NO2. The number of fused-ring (bicyclic) bond motifs is 1. The highest BCUT2D eigenvalue weighted by Gasteiger charge is 2.29. The lowest BCUT2D eigenvalue weighted by Gasteiger charge is -2.11. The molecule has 3 heteroatoms. The molecule has 2 N–H and O–H groups in total. The predicted octanol–water partition coefficient (Wildman–Crippen LogP) is 1.48. The van der Waals surface area contributed by atoms with Crippen LogP contribution in [-0.4, -0.2) is 24.4 Å². The van der Waals surface area contributed by atoms with E-state index >= 15 is 0 Å². The van der Waals surface area contributed by atoms with Gasteiger partial charge in [0, 0.05) is 19.5 Å². The minimum atomic E-state index is -0.159. The van der Waals surface area contributed by atoms with Crippen LogP contribution in [-0.2, 0) is 13.0 Å². The fraction of sp³-hybridized carbons (Fsp3) is 0.571. The smallest absolute Gasteiger partial charge is 0.122 e. The zero-order valence-corrected chi connectivity index (χ0v) is 9.98. The standard InChI is InChI=1S/C14H19NO2/c16-13(11-2-3-11)9-15-8-10-1-4-14-12(7-10)5-6-17-14/h1,4,7,11,13,15-16H,2-3,5-6,8-9H2. The Morgan fingerprint density at radius 1 is 1.41 bits per heavy atom. The highest BCUT2D eigenvalue weighted by Crippen LogP contribution is 2.32. The van der Waals surface area contributed by atoms with Gasteiger partial charge in [0.15, 0.2) is 0 Å². The van der Waals surface area contributed by atoms with Gasteiger partial charge in [-0.25, -0.2) is 0 Å². The first kappa shape index (κ1) is 11.1. The van der Waals surface area contributed by atoms with Gasteiger partial charge in [0.2, 0.25) is 0 Å². The van der Waals surface area contributed by atoms with Crippen LogP contribution in [0.15, 0.2) is 18.2 Å². The van der Waals surface area contributed by atoms with Gasteiger partial charge >= 0.3 is 0 Å². The van der Waals surface area contributed by atoms with Gasteiger partial charge in [0.25, 0.3) is 0 Å². The number of rotatable bonds is 5. The quantitative estimate of drug-likeness (QED) is 0.809. The molecule has 1 aromatic rings. The fourth-order valence-electron chi connectivity index (χ4n) is 2.36. The van der Waals surface area contributed by atoms with Gasteiger partial charge in [-0.1, -0.05) is 12.1 Å². The molecule has 0 aromatic heterocycles. The van der Waals surface area contributed by atoms with Crippen molar-refractivity contribution in [2.24, 2.45) is 5.92 Å². The average Bonchev–Trinajstić information content (AvgIpc) is 3.08. The largest absolute Gasteiger partial charge is 0.493 e. The van der Waals surface area contributed by atoms with Crippen molar-refractivity contribution in [2.45, 2.75) is 31.9 Å². The number of benzene rings is 1. The zero-order valence-electron chi connectivity index (χ0n) is 9.98. The summed E-state index contributed by atoms with van der Waals surface area (Å²) in [5.74, 6) is 1.59. The molecule has 1 aliphatic carbocycles. The lowest BCUT2D eigenvalue weighted by molar-refractivity contribution is 0.148. The molecule has 1 atom stereocenters. The van der Waals surface area contributed by atoms with Crippen molar-refractivity contribution in [3.8, 4) is 5.75 Å². The zero-order chi connectivity index (χ0) is 11.7. The lowest BCUT2D eigenvalue weighted by Crippen LogP contribution is -2.27. The molecule has 1 saturated carbocycles. The summed E-state index contributed by atoms with van der Waals surface area (Å²) in [6, 6.07) is 6.36. The number of ether oxygens (including phenoxy) is 1. The van der Waals surface area contributed by atoms with Crippen molar-refractivity contribution in [1.82, 2.24) is 5.32 Å². The summed E-state index contributed by atoms with van der Waals surface area (Å²) in [6.45, 7) is 2.35. The van der Waals surface area contributed by atoms with Crippen LogP contribution in [0, 0.1) is 5.92 Å².